The van der Waals surface area contributed by atoms with E-state index in [1.807, 2.05) is 0 Å². The third kappa shape index (κ3) is 4.88. The summed E-state index contributed by atoms with van der Waals surface area (Å²) in [7, 11) is 0. The molecule has 0 bridgehead atoms. The maximum absolute atomic E-state index is 12.1. The molecular weight excluding hydrogens is 364 g/mol. The van der Waals surface area contributed by atoms with Gasteiger partial charge in [0.15, 0.2) is 12.4 Å². The molecule has 8 heteroatoms. The van der Waals surface area contributed by atoms with Crippen molar-refractivity contribution < 1.29 is 28.0 Å². The van der Waals surface area contributed by atoms with Gasteiger partial charge >= 0.3 is 5.97 Å². The normalized spacial score (nSPS) is 11.5. The van der Waals surface area contributed by atoms with Gasteiger partial charge in [0, 0.05) is 5.69 Å². The van der Waals surface area contributed by atoms with E-state index in [-0.39, 0.29) is 17.4 Å². The average Bonchev–Trinajstić information content (AvgIpc) is 3.40. The zero-order chi connectivity index (χ0) is 19.9. The number of hydrogen-bond donors (Lipinski definition) is 2. The van der Waals surface area contributed by atoms with Crippen LogP contribution in [0.4, 0.5) is 5.69 Å². The predicted octanol–water partition coefficient (Wildman–Crippen LogP) is 3.16. The first-order chi connectivity index (χ1) is 13.5. The molecule has 2 amide bonds. The molecule has 1 aromatic carbocycles. The van der Waals surface area contributed by atoms with Gasteiger partial charge in [0.25, 0.3) is 11.8 Å². The fourth-order valence-electron chi connectivity index (χ4n) is 2.40. The number of nitrogens with one attached hydrogen (secondary N) is 2. The number of carbonyl (C=O) groups is 3. The van der Waals surface area contributed by atoms with Crippen molar-refractivity contribution >= 4 is 23.5 Å². The quantitative estimate of drug-likeness (QED) is 0.607. The molecule has 0 aliphatic carbocycles. The van der Waals surface area contributed by atoms with Crippen LogP contribution in [-0.2, 0) is 9.53 Å². The van der Waals surface area contributed by atoms with Crippen LogP contribution in [0.1, 0.15) is 39.6 Å². The second kappa shape index (κ2) is 8.72. The first kappa shape index (κ1) is 19.0. The molecular formula is C20H18N2O6. The third-order valence-corrected chi connectivity index (χ3v) is 3.81. The average molecular weight is 382 g/mol. The Morgan fingerprint density at radius 1 is 1.00 bits per heavy atom. The smallest absolute Gasteiger partial charge is 0.338 e. The highest BCUT2D eigenvalue weighted by Crippen LogP contribution is 2.14. The Bertz CT molecular complexity index is 930. The van der Waals surface area contributed by atoms with E-state index in [2.05, 4.69) is 10.6 Å². The second-order valence-electron chi connectivity index (χ2n) is 5.89. The van der Waals surface area contributed by atoms with E-state index in [1.165, 1.54) is 24.7 Å². The lowest BCUT2D eigenvalue weighted by Crippen LogP contribution is -2.30. The lowest BCUT2D eigenvalue weighted by atomic mass is 10.2. The molecule has 28 heavy (non-hydrogen) atoms. The highest BCUT2D eigenvalue weighted by molar-refractivity contribution is 6.02. The molecule has 0 fully saturated rings. The molecule has 2 heterocycles. The van der Waals surface area contributed by atoms with Crippen molar-refractivity contribution in [2.45, 2.75) is 13.0 Å². The van der Waals surface area contributed by atoms with Crippen molar-refractivity contribution in [1.29, 1.82) is 0 Å². The standard InChI is InChI=1S/C20H18N2O6/c1-13(16-4-2-10-26-16)21-18(23)12-28-20(25)14-6-8-15(9-7-14)22-19(24)17-5-3-11-27-17/h2-11,13H,12H2,1H3,(H,21,23)(H,22,24)/t13-/m1/s1. The predicted molar refractivity (Wildman–Crippen MR) is 98.7 cm³/mol. The van der Waals surface area contributed by atoms with Crippen LogP contribution in [0.2, 0.25) is 0 Å². The maximum Gasteiger partial charge on any atom is 0.338 e. The van der Waals surface area contributed by atoms with Gasteiger partial charge in [-0.15, -0.1) is 0 Å². The van der Waals surface area contributed by atoms with E-state index in [9.17, 15) is 14.4 Å². The lowest BCUT2D eigenvalue weighted by molar-refractivity contribution is -0.125. The molecule has 3 aromatic rings. The fraction of sp³-hybridized carbons (Fsp3) is 0.150. The Hall–Kier alpha value is -3.81. The molecule has 1 atom stereocenters. The zero-order valence-electron chi connectivity index (χ0n) is 15.0. The number of amides is 2. The van der Waals surface area contributed by atoms with E-state index in [4.69, 9.17) is 13.6 Å². The molecule has 8 nitrogen and oxygen atoms in total. The number of ether oxygens (including phenoxy) is 1. The van der Waals surface area contributed by atoms with Crippen LogP contribution < -0.4 is 10.6 Å². The number of rotatable bonds is 7. The number of esters is 1. The Morgan fingerprint density at radius 2 is 1.71 bits per heavy atom. The molecule has 0 radical (unpaired) electrons. The molecule has 0 aliphatic rings. The van der Waals surface area contributed by atoms with E-state index in [0.717, 1.165) is 0 Å². The van der Waals surface area contributed by atoms with Gasteiger partial charge in [-0.1, -0.05) is 0 Å². The Balaban J connectivity index is 1.47. The molecule has 0 aliphatic heterocycles. The minimum absolute atomic E-state index is 0.179. The third-order valence-electron chi connectivity index (χ3n) is 3.81. The van der Waals surface area contributed by atoms with Crippen LogP contribution >= 0.6 is 0 Å². The topological polar surface area (TPSA) is 111 Å². The van der Waals surface area contributed by atoms with Crippen molar-refractivity contribution in [2.75, 3.05) is 11.9 Å². The summed E-state index contributed by atoms with van der Waals surface area (Å²) in [4.78, 5) is 35.8. The molecule has 0 spiro atoms. The fourth-order valence-corrected chi connectivity index (χ4v) is 2.40. The minimum Gasteiger partial charge on any atom is -0.467 e. The first-order valence-corrected chi connectivity index (χ1v) is 8.48. The Kier molecular flexibility index (Phi) is 5.91. The van der Waals surface area contributed by atoms with Crippen LogP contribution in [-0.4, -0.2) is 24.4 Å². The monoisotopic (exact) mass is 382 g/mol. The van der Waals surface area contributed by atoms with Gasteiger partial charge < -0.3 is 24.2 Å². The highest BCUT2D eigenvalue weighted by Gasteiger charge is 2.15. The minimum atomic E-state index is -0.648. The van der Waals surface area contributed by atoms with E-state index >= 15 is 0 Å². The van der Waals surface area contributed by atoms with Crippen molar-refractivity contribution in [3.63, 3.8) is 0 Å². The van der Waals surface area contributed by atoms with E-state index in [0.29, 0.717) is 11.4 Å². The van der Waals surface area contributed by atoms with Gasteiger partial charge in [-0.25, -0.2) is 4.79 Å². The summed E-state index contributed by atoms with van der Waals surface area (Å²) in [6.45, 7) is 1.34. The summed E-state index contributed by atoms with van der Waals surface area (Å²) >= 11 is 0. The van der Waals surface area contributed by atoms with Crippen molar-refractivity contribution in [3.05, 3.63) is 78.1 Å². The second-order valence-corrected chi connectivity index (χ2v) is 5.89. The number of anilines is 1. The molecule has 2 N–H and O–H groups in total. The van der Waals surface area contributed by atoms with Gasteiger partial charge in [-0.2, -0.15) is 0 Å². The number of hydrogen-bond acceptors (Lipinski definition) is 6. The van der Waals surface area contributed by atoms with Crippen LogP contribution in [0.25, 0.3) is 0 Å². The zero-order valence-corrected chi connectivity index (χ0v) is 15.0. The van der Waals surface area contributed by atoms with Crippen LogP contribution in [0.3, 0.4) is 0 Å². The van der Waals surface area contributed by atoms with Crippen molar-refractivity contribution in [2.24, 2.45) is 0 Å². The highest BCUT2D eigenvalue weighted by atomic mass is 16.5. The van der Waals surface area contributed by atoms with Crippen LogP contribution in [0, 0.1) is 0 Å². The molecule has 3 rings (SSSR count). The SMILES string of the molecule is C[C@@H](NC(=O)COC(=O)c1ccc(NC(=O)c2ccco2)cc1)c1ccco1. The number of furan rings is 2. The molecule has 0 unspecified atom stereocenters. The van der Waals surface area contributed by atoms with E-state index < -0.39 is 24.4 Å². The van der Waals surface area contributed by atoms with Gasteiger partial charge in [0.05, 0.1) is 24.1 Å². The maximum atomic E-state index is 12.1. The van der Waals surface area contributed by atoms with Crippen molar-refractivity contribution in [3.8, 4) is 0 Å². The van der Waals surface area contributed by atoms with Crippen LogP contribution in [0.15, 0.2) is 69.9 Å². The summed E-state index contributed by atoms with van der Waals surface area (Å²) in [5, 5.41) is 5.30. The van der Waals surface area contributed by atoms with Crippen LogP contribution in [0.5, 0.6) is 0 Å². The Morgan fingerprint density at radius 3 is 2.36 bits per heavy atom. The van der Waals surface area contributed by atoms with Gasteiger partial charge in [-0.05, 0) is 55.5 Å². The van der Waals surface area contributed by atoms with Gasteiger partial charge in [0.2, 0.25) is 0 Å². The molecule has 144 valence electrons. The lowest BCUT2D eigenvalue weighted by Gasteiger charge is -2.11. The summed E-state index contributed by atoms with van der Waals surface area (Å²) in [5.74, 6) is -0.711. The molecule has 2 aromatic heterocycles. The van der Waals surface area contributed by atoms with Gasteiger partial charge in [-0.3, -0.25) is 9.59 Å². The largest absolute Gasteiger partial charge is 0.467 e. The first-order valence-electron chi connectivity index (χ1n) is 8.48. The van der Waals surface area contributed by atoms with Crippen molar-refractivity contribution in [1.82, 2.24) is 5.32 Å². The van der Waals surface area contributed by atoms with Gasteiger partial charge in [0.1, 0.15) is 5.76 Å². The number of benzene rings is 1. The summed E-state index contributed by atoms with van der Waals surface area (Å²) in [5.41, 5.74) is 0.742. The molecule has 0 saturated heterocycles. The molecule has 0 saturated carbocycles. The number of carbonyl (C=O) groups excluding carboxylic acids is 3. The Labute approximate surface area is 160 Å². The van der Waals surface area contributed by atoms with E-state index in [1.54, 1.807) is 43.3 Å². The summed E-state index contributed by atoms with van der Waals surface area (Å²) < 4.78 is 15.2. The summed E-state index contributed by atoms with van der Waals surface area (Å²) in [6, 6.07) is 12.4. The summed E-state index contributed by atoms with van der Waals surface area (Å²) in [6.07, 6.45) is 2.91.